The fourth-order valence-corrected chi connectivity index (χ4v) is 4.19. The zero-order valence-corrected chi connectivity index (χ0v) is 21.0. The highest BCUT2D eigenvalue weighted by Crippen LogP contribution is 2.36. The molecule has 0 saturated carbocycles. The number of amides is 1. The van der Waals surface area contributed by atoms with Crippen LogP contribution < -0.4 is 5.32 Å². The molecule has 10 nitrogen and oxygen atoms in total. The number of ether oxygens (including phenoxy) is 1. The molecule has 1 aliphatic heterocycles. The smallest absolute Gasteiger partial charge is 0.509 e. The number of carboxylic acid groups (broad SMARTS) is 1. The van der Waals surface area contributed by atoms with Crippen LogP contribution in [0, 0.1) is 5.92 Å². The Balaban J connectivity index is 2.16. The van der Waals surface area contributed by atoms with E-state index in [9.17, 15) is 29.1 Å². The third-order valence-corrected chi connectivity index (χ3v) is 5.85. The predicted octanol–water partition coefficient (Wildman–Crippen LogP) is 2.94. The van der Waals surface area contributed by atoms with Crippen LogP contribution >= 0.6 is 23.2 Å². The van der Waals surface area contributed by atoms with Gasteiger partial charge in [0, 0.05) is 17.3 Å². The number of halogens is 2. The van der Waals surface area contributed by atoms with Crippen LogP contribution in [0.4, 0.5) is 0 Å². The first-order chi connectivity index (χ1) is 16.4. The third kappa shape index (κ3) is 7.94. The van der Waals surface area contributed by atoms with E-state index in [1.165, 1.54) is 18.2 Å². The molecular formula is C22H26BCl2NO9. The topological polar surface area (TPSA) is 145 Å². The average molecular weight is 530 g/mol. The number of rotatable bonds is 11. The zero-order valence-electron chi connectivity index (χ0n) is 19.5. The highest BCUT2D eigenvalue weighted by molar-refractivity contribution is 6.50. The molecule has 1 saturated heterocycles. The first-order valence-electron chi connectivity index (χ1n) is 10.8. The van der Waals surface area contributed by atoms with Gasteiger partial charge in [-0.15, -0.1) is 0 Å². The van der Waals surface area contributed by atoms with Gasteiger partial charge in [-0.25, -0.2) is 4.79 Å². The van der Waals surface area contributed by atoms with Gasteiger partial charge >= 0.3 is 19.1 Å². The van der Waals surface area contributed by atoms with Crippen molar-refractivity contribution < 1.29 is 43.1 Å². The van der Waals surface area contributed by atoms with Gasteiger partial charge in [0.1, 0.15) is 0 Å². The Morgan fingerprint density at radius 1 is 1.26 bits per heavy atom. The van der Waals surface area contributed by atoms with E-state index < -0.39 is 61.0 Å². The van der Waals surface area contributed by atoms with Gasteiger partial charge in [-0.2, -0.15) is 0 Å². The molecule has 2 N–H and O–H groups in total. The highest BCUT2D eigenvalue weighted by Gasteiger charge is 2.55. The van der Waals surface area contributed by atoms with E-state index in [0.717, 1.165) is 7.11 Å². The zero-order chi connectivity index (χ0) is 26.3. The predicted molar refractivity (Wildman–Crippen MR) is 126 cm³/mol. The second-order valence-electron chi connectivity index (χ2n) is 8.65. The Bertz CT molecular complexity index is 999. The molecule has 1 aliphatic rings. The van der Waals surface area contributed by atoms with Crippen LogP contribution in [0.25, 0.3) is 0 Å². The molecule has 0 spiro atoms. The molecule has 190 valence electrons. The van der Waals surface area contributed by atoms with Crippen molar-refractivity contribution in [3.05, 3.63) is 33.8 Å². The number of nitrogens with one attached hydrogen (secondary N) is 1. The summed E-state index contributed by atoms with van der Waals surface area (Å²) >= 11 is 11.9. The number of carbonyl (C=O) groups excluding carboxylic acids is 4. The molecular weight excluding hydrogens is 504 g/mol. The molecule has 0 radical (unpaired) electrons. The summed E-state index contributed by atoms with van der Waals surface area (Å²) in [6, 6.07) is 4.35. The van der Waals surface area contributed by atoms with Crippen LogP contribution in [0.3, 0.4) is 0 Å². The molecule has 2 atom stereocenters. The van der Waals surface area contributed by atoms with Crippen LogP contribution in [0.1, 0.15) is 49.9 Å². The fraction of sp³-hybridized carbons (Fsp3) is 0.500. The van der Waals surface area contributed by atoms with Crippen LogP contribution in [-0.4, -0.2) is 61.1 Å². The average Bonchev–Trinajstić information content (AvgIpc) is 2.76. The largest absolute Gasteiger partial charge is 0.531 e. The number of hydrogen-bond acceptors (Lipinski definition) is 8. The van der Waals surface area contributed by atoms with Crippen molar-refractivity contribution in [2.75, 3.05) is 13.7 Å². The van der Waals surface area contributed by atoms with E-state index >= 15 is 0 Å². The Kier molecular flexibility index (Phi) is 10.1. The van der Waals surface area contributed by atoms with Crippen LogP contribution in [0.5, 0.6) is 0 Å². The Labute approximate surface area is 212 Å². The summed E-state index contributed by atoms with van der Waals surface area (Å²) in [5.41, 5.74) is -1.97. The maximum absolute atomic E-state index is 12.7. The van der Waals surface area contributed by atoms with Crippen molar-refractivity contribution in [3.63, 3.8) is 0 Å². The summed E-state index contributed by atoms with van der Waals surface area (Å²) in [6.07, 6.45) is -1.28. The summed E-state index contributed by atoms with van der Waals surface area (Å²) in [6.45, 7) is 3.39. The fourth-order valence-electron chi connectivity index (χ4n) is 3.82. The van der Waals surface area contributed by atoms with Crippen molar-refractivity contribution in [1.29, 1.82) is 0 Å². The molecule has 13 heteroatoms. The van der Waals surface area contributed by atoms with Gasteiger partial charge < -0.3 is 24.5 Å². The number of ketones is 1. The number of methoxy groups -OCH3 is 1. The van der Waals surface area contributed by atoms with Crippen molar-refractivity contribution in [2.24, 2.45) is 5.92 Å². The van der Waals surface area contributed by atoms with Gasteiger partial charge in [-0.1, -0.05) is 37.0 Å². The molecule has 1 aromatic carbocycles. The van der Waals surface area contributed by atoms with Gasteiger partial charge in [-0.05, 0) is 30.5 Å². The van der Waals surface area contributed by atoms with E-state index in [-0.39, 0.29) is 29.5 Å². The number of Topliss-reactive ketones (excluding diaryl/α,β-unsaturated/α-hetero) is 1. The van der Waals surface area contributed by atoms with Crippen LogP contribution in [-0.2, 0) is 33.2 Å². The van der Waals surface area contributed by atoms with Gasteiger partial charge in [0.15, 0.2) is 11.4 Å². The summed E-state index contributed by atoms with van der Waals surface area (Å²) in [5, 5.41) is 12.2. The SMILES string of the molecule is COC(=O)[C@@]1(CC(=O)O)CC(=O)OB([C@@H](CC(=O)CNC(=O)c2cc(Cl)ccc2Cl)CC(C)C)O1. The third-order valence-electron chi connectivity index (χ3n) is 5.28. The molecule has 0 bridgehead atoms. The number of carboxylic acids is 1. The van der Waals surface area contributed by atoms with Crippen LogP contribution in [0.2, 0.25) is 15.9 Å². The molecule has 0 unspecified atom stereocenters. The second kappa shape index (κ2) is 12.4. The molecule has 1 heterocycles. The quantitative estimate of drug-likeness (QED) is 0.326. The summed E-state index contributed by atoms with van der Waals surface area (Å²) in [7, 11) is -0.312. The number of esters is 1. The number of aliphatic carboxylic acids is 1. The highest BCUT2D eigenvalue weighted by atomic mass is 35.5. The second-order valence-corrected chi connectivity index (χ2v) is 9.49. The summed E-state index contributed by atoms with van der Waals surface area (Å²) in [4.78, 5) is 61.3. The van der Waals surface area contributed by atoms with Gasteiger partial charge in [0.05, 0.1) is 37.1 Å². The number of carbonyl (C=O) groups is 5. The molecule has 1 amide bonds. The van der Waals surface area contributed by atoms with Crippen molar-refractivity contribution in [3.8, 4) is 0 Å². The summed E-state index contributed by atoms with van der Waals surface area (Å²) < 4.78 is 15.7. The van der Waals surface area contributed by atoms with Gasteiger partial charge in [-0.3, -0.25) is 19.2 Å². The lowest BCUT2D eigenvalue weighted by Gasteiger charge is -2.38. The first-order valence-corrected chi connectivity index (χ1v) is 11.5. The number of benzene rings is 1. The minimum atomic E-state index is -2.07. The Morgan fingerprint density at radius 2 is 1.94 bits per heavy atom. The minimum Gasteiger partial charge on any atom is -0.509 e. The lowest BCUT2D eigenvalue weighted by atomic mass is 9.63. The molecule has 35 heavy (non-hydrogen) atoms. The van der Waals surface area contributed by atoms with E-state index in [4.69, 9.17) is 32.5 Å². The summed E-state index contributed by atoms with van der Waals surface area (Å²) in [5.74, 6) is -4.94. The maximum Gasteiger partial charge on any atom is 0.531 e. The van der Waals surface area contributed by atoms with E-state index in [0.29, 0.717) is 11.4 Å². The van der Waals surface area contributed by atoms with Gasteiger partial charge in [0.25, 0.3) is 11.9 Å². The monoisotopic (exact) mass is 529 g/mol. The molecule has 1 aromatic rings. The van der Waals surface area contributed by atoms with Gasteiger partial charge in [0.2, 0.25) is 0 Å². The molecule has 0 aliphatic carbocycles. The number of hydrogen-bond donors (Lipinski definition) is 2. The maximum atomic E-state index is 12.7. The van der Waals surface area contributed by atoms with Crippen LogP contribution in [0.15, 0.2) is 18.2 Å². The van der Waals surface area contributed by atoms with E-state index in [1.807, 2.05) is 13.8 Å². The lowest BCUT2D eigenvalue weighted by Crippen LogP contribution is -2.56. The van der Waals surface area contributed by atoms with E-state index in [1.54, 1.807) is 0 Å². The van der Waals surface area contributed by atoms with Crippen molar-refractivity contribution >= 4 is 59.9 Å². The standard InChI is InChI=1S/C22H26BCl2NO9/c1-12(2)6-13(7-15(27)11-26-20(31)16-8-14(24)4-5-17(16)25)23-34-19(30)10-22(35-23,9-18(28)29)21(32)33-3/h4-5,8,12-13H,6-7,9-11H2,1-3H3,(H,26,31)(H,28,29)/t13-,22-/m1/s1. The van der Waals surface area contributed by atoms with Crippen molar-refractivity contribution in [1.82, 2.24) is 5.32 Å². The Morgan fingerprint density at radius 3 is 2.54 bits per heavy atom. The molecule has 1 fully saturated rings. The molecule has 0 aromatic heterocycles. The minimum absolute atomic E-state index is 0.0314. The molecule has 2 rings (SSSR count). The Hall–Kier alpha value is -2.63. The van der Waals surface area contributed by atoms with Crippen molar-refractivity contribution in [2.45, 2.75) is 50.9 Å². The lowest BCUT2D eigenvalue weighted by molar-refractivity contribution is -0.177. The first kappa shape index (κ1) is 28.6. The van der Waals surface area contributed by atoms with E-state index in [2.05, 4.69) is 10.1 Å². The normalized spacial score (nSPS) is 18.6.